The van der Waals surface area contributed by atoms with Crippen molar-refractivity contribution in [2.75, 3.05) is 37.6 Å². The zero-order valence-corrected chi connectivity index (χ0v) is 24.0. The van der Waals surface area contributed by atoms with Gasteiger partial charge in [0.05, 0.1) is 23.7 Å². The molecule has 0 bridgehead atoms. The van der Waals surface area contributed by atoms with E-state index in [0.29, 0.717) is 6.54 Å². The lowest BCUT2D eigenvalue weighted by molar-refractivity contribution is -0.384. The molecule has 0 saturated carbocycles. The van der Waals surface area contributed by atoms with Crippen LogP contribution >= 0.6 is 0 Å². The minimum Gasteiger partial charge on any atom is -0.392 e. The van der Waals surface area contributed by atoms with Crippen LogP contribution in [0.1, 0.15) is 48.5 Å². The maximum absolute atomic E-state index is 11.3. The summed E-state index contributed by atoms with van der Waals surface area (Å²) in [4.78, 5) is 26.6. The number of rotatable bonds is 9. The molecule has 222 valence electrons. The highest BCUT2D eigenvalue weighted by Crippen LogP contribution is 2.42. The largest absolute Gasteiger partial charge is 0.392 e. The normalized spacial score (nSPS) is 23.0. The number of hydrogen-bond acceptors (Lipinski definition) is 8. The van der Waals surface area contributed by atoms with Crippen LogP contribution in [0.25, 0.3) is 0 Å². The van der Waals surface area contributed by atoms with Gasteiger partial charge >= 0.3 is 0 Å². The van der Waals surface area contributed by atoms with Crippen molar-refractivity contribution >= 4 is 17.3 Å². The molecular formula is C32H38N4O6. The SMILES string of the molecule is CC(=O)NCc1ccc([C@H]2O[C@@H](CN3CCN(c4ccc([N+](=O)[O-])cc4)CC3)[C@@H](C)[C@@H](c3ccc(CO)cc3)O2)cc1. The number of nitrogens with zero attached hydrogens (tertiary/aromatic N) is 3. The Morgan fingerprint density at radius 3 is 2.14 bits per heavy atom. The Kier molecular flexibility index (Phi) is 9.48. The molecule has 5 rings (SSSR count). The van der Waals surface area contributed by atoms with Gasteiger partial charge in [0.15, 0.2) is 6.29 Å². The summed E-state index contributed by atoms with van der Waals surface area (Å²) in [5.41, 5.74) is 4.90. The molecule has 4 atom stereocenters. The van der Waals surface area contributed by atoms with Gasteiger partial charge in [-0.05, 0) is 28.8 Å². The van der Waals surface area contributed by atoms with Gasteiger partial charge in [-0.25, -0.2) is 0 Å². The van der Waals surface area contributed by atoms with Gasteiger partial charge in [-0.1, -0.05) is 55.5 Å². The summed E-state index contributed by atoms with van der Waals surface area (Å²) >= 11 is 0. The third-order valence-electron chi connectivity index (χ3n) is 8.15. The Morgan fingerprint density at radius 2 is 1.55 bits per heavy atom. The van der Waals surface area contributed by atoms with Crippen LogP contribution in [-0.2, 0) is 27.4 Å². The van der Waals surface area contributed by atoms with Crippen LogP contribution < -0.4 is 10.2 Å². The van der Waals surface area contributed by atoms with Gasteiger partial charge in [0.25, 0.3) is 5.69 Å². The van der Waals surface area contributed by atoms with Crippen molar-refractivity contribution in [1.82, 2.24) is 10.2 Å². The molecule has 2 fully saturated rings. The lowest BCUT2D eigenvalue weighted by Gasteiger charge is -2.44. The molecule has 10 heteroatoms. The molecule has 2 aliphatic heterocycles. The Balaban J connectivity index is 1.28. The van der Waals surface area contributed by atoms with Gasteiger partial charge in [0.1, 0.15) is 0 Å². The summed E-state index contributed by atoms with van der Waals surface area (Å²) in [6, 6.07) is 22.6. The summed E-state index contributed by atoms with van der Waals surface area (Å²) in [5.74, 6) is 0.00598. The van der Waals surface area contributed by atoms with Crippen LogP contribution in [0.2, 0.25) is 0 Å². The number of amides is 1. The molecule has 0 spiro atoms. The number of hydrogen-bond donors (Lipinski definition) is 2. The number of aliphatic hydroxyl groups excluding tert-OH is 1. The standard InChI is InChI=1S/C32H38N4O6/c1-22-30(20-34-15-17-35(18-16-34)28-11-13-29(14-12-28)36(39)40)41-32(27-9-3-24(4-10-27)19-33-23(2)38)42-31(22)26-7-5-25(21-37)6-8-26/h3-14,22,30-32,37H,15-21H2,1-2H3,(H,33,38)/t22-,30+,31+,32+/m1/s1. The highest BCUT2D eigenvalue weighted by Gasteiger charge is 2.39. The molecule has 0 unspecified atom stereocenters. The van der Waals surface area contributed by atoms with Crippen LogP contribution in [0.4, 0.5) is 11.4 Å². The fourth-order valence-electron chi connectivity index (χ4n) is 5.58. The summed E-state index contributed by atoms with van der Waals surface area (Å²) < 4.78 is 13.2. The van der Waals surface area contributed by atoms with Gasteiger partial charge in [-0.3, -0.25) is 19.8 Å². The minimum atomic E-state index is -0.551. The van der Waals surface area contributed by atoms with Crippen molar-refractivity contribution in [2.24, 2.45) is 5.92 Å². The molecule has 42 heavy (non-hydrogen) atoms. The van der Waals surface area contributed by atoms with E-state index in [1.807, 2.05) is 60.7 Å². The van der Waals surface area contributed by atoms with Gasteiger partial charge in [-0.2, -0.15) is 0 Å². The molecule has 2 heterocycles. The van der Waals surface area contributed by atoms with Crippen LogP contribution in [-0.4, -0.2) is 59.7 Å². The van der Waals surface area contributed by atoms with Gasteiger partial charge in [0, 0.05) is 75.5 Å². The van der Waals surface area contributed by atoms with E-state index in [0.717, 1.165) is 60.7 Å². The molecule has 2 aliphatic rings. The molecule has 3 aromatic rings. The zero-order chi connectivity index (χ0) is 29.6. The number of non-ortho nitro benzene ring substituents is 1. The second kappa shape index (κ2) is 13.4. The van der Waals surface area contributed by atoms with E-state index in [4.69, 9.17) is 9.47 Å². The lowest BCUT2D eigenvalue weighted by atomic mass is 9.90. The van der Waals surface area contributed by atoms with E-state index in [9.17, 15) is 20.0 Å². The lowest BCUT2D eigenvalue weighted by Crippen LogP contribution is -2.51. The van der Waals surface area contributed by atoms with Crippen molar-refractivity contribution in [2.45, 2.75) is 45.5 Å². The summed E-state index contributed by atoms with van der Waals surface area (Å²) in [7, 11) is 0. The average molecular weight is 575 g/mol. The Labute approximate surface area is 246 Å². The number of piperazine rings is 1. The Hall–Kier alpha value is -3.83. The van der Waals surface area contributed by atoms with Crippen molar-refractivity contribution < 1.29 is 24.3 Å². The Morgan fingerprint density at radius 1 is 0.929 bits per heavy atom. The van der Waals surface area contributed by atoms with Crippen LogP contribution in [0.5, 0.6) is 0 Å². The number of nitrogens with one attached hydrogen (secondary N) is 1. The molecule has 2 saturated heterocycles. The quantitative estimate of drug-likeness (QED) is 0.286. The van der Waals surface area contributed by atoms with Gasteiger partial charge in [0.2, 0.25) is 5.91 Å². The smallest absolute Gasteiger partial charge is 0.269 e. The molecule has 0 radical (unpaired) electrons. The number of carbonyl (C=O) groups excluding carboxylic acids is 1. The van der Waals surface area contributed by atoms with E-state index in [2.05, 4.69) is 22.0 Å². The van der Waals surface area contributed by atoms with Gasteiger partial charge < -0.3 is 24.8 Å². The molecule has 10 nitrogen and oxygen atoms in total. The summed E-state index contributed by atoms with van der Waals surface area (Å²) in [5, 5.41) is 23.3. The molecule has 1 amide bonds. The second-order valence-electron chi connectivity index (χ2n) is 11.0. The molecule has 2 N–H and O–H groups in total. The number of nitro benzene ring substituents is 1. The van der Waals surface area contributed by atoms with Crippen molar-refractivity contribution in [1.29, 1.82) is 0 Å². The third kappa shape index (κ3) is 7.14. The van der Waals surface area contributed by atoms with Crippen LogP contribution in [0, 0.1) is 16.0 Å². The second-order valence-corrected chi connectivity index (χ2v) is 11.0. The van der Waals surface area contributed by atoms with Crippen LogP contribution in [0.3, 0.4) is 0 Å². The zero-order valence-electron chi connectivity index (χ0n) is 24.0. The van der Waals surface area contributed by atoms with Gasteiger partial charge in [-0.15, -0.1) is 0 Å². The first kappa shape index (κ1) is 29.7. The predicted molar refractivity (Wildman–Crippen MR) is 159 cm³/mol. The van der Waals surface area contributed by atoms with E-state index in [1.54, 1.807) is 12.1 Å². The summed E-state index contributed by atoms with van der Waals surface area (Å²) in [6.45, 7) is 8.21. The predicted octanol–water partition coefficient (Wildman–Crippen LogP) is 4.34. The first-order chi connectivity index (χ1) is 20.3. The highest BCUT2D eigenvalue weighted by atomic mass is 16.7. The monoisotopic (exact) mass is 574 g/mol. The van der Waals surface area contributed by atoms with E-state index in [1.165, 1.54) is 6.92 Å². The van der Waals surface area contributed by atoms with E-state index < -0.39 is 6.29 Å². The molecular weight excluding hydrogens is 536 g/mol. The maximum atomic E-state index is 11.3. The number of carbonyl (C=O) groups is 1. The summed E-state index contributed by atoms with van der Waals surface area (Å²) in [6.07, 6.45) is -0.830. The third-order valence-corrected chi connectivity index (χ3v) is 8.15. The number of anilines is 1. The van der Waals surface area contributed by atoms with Crippen molar-refractivity contribution in [3.05, 3.63) is 105 Å². The maximum Gasteiger partial charge on any atom is 0.269 e. The molecule has 3 aromatic carbocycles. The number of aliphatic hydroxyl groups is 1. The molecule has 0 aromatic heterocycles. The van der Waals surface area contributed by atoms with Crippen LogP contribution in [0.15, 0.2) is 72.8 Å². The van der Waals surface area contributed by atoms with Crippen molar-refractivity contribution in [3.63, 3.8) is 0 Å². The number of nitro groups is 1. The first-order valence-electron chi connectivity index (χ1n) is 14.4. The first-order valence-corrected chi connectivity index (χ1v) is 14.4. The highest BCUT2D eigenvalue weighted by molar-refractivity contribution is 5.72. The number of benzene rings is 3. The van der Waals surface area contributed by atoms with E-state index in [-0.39, 0.29) is 41.3 Å². The van der Waals surface area contributed by atoms with E-state index >= 15 is 0 Å². The van der Waals surface area contributed by atoms with Crippen molar-refractivity contribution in [3.8, 4) is 0 Å². The fourth-order valence-corrected chi connectivity index (χ4v) is 5.58. The number of ether oxygens (including phenoxy) is 2. The minimum absolute atomic E-state index is 0.00754. The topological polar surface area (TPSA) is 117 Å². The molecule has 0 aliphatic carbocycles. The Bertz CT molecular complexity index is 1340. The average Bonchev–Trinajstić information content (AvgIpc) is 3.02. The fraction of sp³-hybridized carbons (Fsp3) is 0.406.